The SMILES string of the molecule is Cc1ccccc1C(=O)c1ccc(Nc2ccccc2CC(C)CC(=O)O)cc1Cl. The molecule has 3 aromatic rings. The van der Waals surface area contributed by atoms with Crippen LogP contribution in [0.1, 0.15) is 40.4 Å². The number of rotatable bonds is 8. The fourth-order valence-corrected chi connectivity index (χ4v) is 3.74. The molecule has 1 unspecified atom stereocenters. The molecule has 5 heteroatoms. The molecule has 0 bridgehead atoms. The summed E-state index contributed by atoms with van der Waals surface area (Å²) in [5.41, 5.74) is 4.69. The van der Waals surface area contributed by atoms with Crippen LogP contribution in [0.2, 0.25) is 5.02 Å². The summed E-state index contributed by atoms with van der Waals surface area (Å²) in [6.07, 6.45) is 0.767. The van der Waals surface area contributed by atoms with Crippen LogP contribution in [-0.4, -0.2) is 16.9 Å². The van der Waals surface area contributed by atoms with Gasteiger partial charge >= 0.3 is 5.97 Å². The molecule has 0 saturated heterocycles. The van der Waals surface area contributed by atoms with Crippen LogP contribution in [0.3, 0.4) is 0 Å². The predicted octanol–water partition coefficient (Wildman–Crippen LogP) is 6.28. The van der Waals surface area contributed by atoms with E-state index in [-0.39, 0.29) is 18.1 Å². The third-order valence-corrected chi connectivity index (χ3v) is 5.30. The van der Waals surface area contributed by atoms with Crippen LogP contribution in [0.4, 0.5) is 11.4 Å². The molecule has 0 fully saturated rings. The molecule has 3 aromatic carbocycles. The van der Waals surface area contributed by atoms with E-state index in [1.807, 2.05) is 62.4 Å². The van der Waals surface area contributed by atoms with Crippen LogP contribution in [-0.2, 0) is 11.2 Å². The Morgan fingerprint density at radius 2 is 1.70 bits per heavy atom. The zero-order chi connectivity index (χ0) is 21.7. The summed E-state index contributed by atoms with van der Waals surface area (Å²) < 4.78 is 0. The summed E-state index contributed by atoms with van der Waals surface area (Å²) in [5.74, 6) is -0.885. The molecule has 154 valence electrons. The highest BCUT2D eigenvalue weighted by atomic mass is 35.5. The average Bonchev–Trinajstić information content (AvgIpc) is 2.69. The summed E-state index contributed by atoms with van der Waals surface area (Å²) in [4.78, 5) is 23.8. The number of hydrogen-bond acceptors (Lipinski definition) is 3. The highest BCUT2D eigenvalue weighted by molar-refractivity contribution is 6.35. The predicted molar refractivity (Wildman–Crippen MR) is 121 cm³/mol. The first-order valence-electron chi connectivity index (χ1n) is 9.81. The maximum atomic E-state index is 12.9. The minimum Gasteiger partial charge on any atom is -0.481 e. The number of ketones is 1. The molecule has 0 radical (unpaired) electrons. The third kappa shape index (κ3) is 5.28. The number of benzene rings is 3. The van der Waals surface area contributed by atoms with Gasteiger partial charge in [-0.1, -0.05) is 61.0 Å². The van der Waals surface area contributed by atoms with Crippen LogP contribution < -0.4 is 5.32 Å². The maximum Gasteiger partial charge on any atom is 0.303 e. The molecular formula is C25H24ClNO3. The molecule has 0 saturated carbocycles. The molecule has 0 spiro atoms. The van der Waals surface area contributed by atoms with Gasteiger partial charge in [0.15, 0.2) is 5.78 Å². The van der Waals surface area contributed by atoms with Gasteiger partial charge in [-0.25, -0.2) is 0 Å². The van der Waals surface area contributed by atoms with E-state index in [4.69, 9.17) is 16.7 Å². The molecule has 3 rings (SSSR count). The zero-order valence-electron chi connectivity index (χ0n) is 17.0. The van der Waals surface area contributed by atoms with E-state index in [2.05, 4.69) is 5.32 Å². The Morgan fingerprint density at radius 3 is 2.40 bits per heavy atom. The smallest absolute Gasteiger partial charge is 0.303 e. The number of carbonyl (C=O) groups is 2. The molecule has 1 atom stereocenters. The summed E-state index contributed by atoms with van der Waals surface area (Å²) in [5, 5.41) is 12.7. The van der Waals surface area contributed by atoms with Gasteiger partial charge in [0.05, 0.1) is 5.02 Å². The Hall–Kier alpha value is -3.11. The quantitative estimate of drug-likeness (QED) is 0.420. The summed E-state index contributed by atoms with van der Waals surface area (Å²) in [6.45, 7) is 3.83. The summed E-state index contributed by atoms with van der Waals surface area (Å²) in [7, 11) is 0. The number of carbonyl (C=O) groups excluding carboxylic acids is 1. The average molecular weight is 422 g/mol. The van der Waals surface area contributed by atoms with Crippen molar-refractivity contribution in [3.63, 3.8) is 0 Å². The van der Waals surface area contributed by atoms with Crippen LogP contribution in [0.25, 0.3) is 0 Å². The van der Waals surface area contributed by atoms with Gasteiger partial charge in [0.25, 0.3) is 0 Å². The van der Waals surface area contributed by atoms with E-state index < -0.39 is 5.97 Å². The van der Waals surface area contributed by atoms with E-state index >= 15 is 0 Å². The summed E-state index contributed by atoms with van der Waals surface area (Å²) >= 11 is 6.45. The standard InChI is InChI=1S/C25H24ClNO3/c1-16(14-24(28)29)13-18-8-4-6-10-23(18)27-19-11-12-21(22(26)15-19)25(30)20-9-5-3-7-17(20)2/h3-12,15-16,27H,13-14H2,1-2H3,(H,28,29). The number of carboxylic acids is 1. The van der Waals surface area contributed by atoms with Gasteiger partial charge in [-0.2, -0.15) is 0 Å². The van der Waals surface area contributed by atoms with Crippen molar-refractivity contribution in [1.82, 2.24) is 0 Å². The molecule has 4 nitrogen and oxygen atoms in total. The fraction of sp³-hybridized carbons (Fsp3) is 0.200. The van der Waals surface area contributed by atoms with Crippen molar-refractivity contribution in [3.8, 4) is 0 Å². The van der Waals surface area contributed by atoms with Crippen molar-refractivity contribution < 1.29 is 14.7 Å². The first kappa shape index (κ1) is 21.6. The Bertz CT molecular complexity index is 1080. The van der Waals surface area contributed by atoms with Crippen LogP contribution >= 0.6 is 11.6 Å². The number of aliphatic carboxylic acids is 1. The van der Waals surface area contributed by atoms with Crippen molar-refractivity contribution in [2.75, 3.05) is 5.32 Å². The molecule has 2 N–H and O–H groups in total. The van der Waals surface area contributed by atoms with Gasteiger partial charge in [-0.3, -0.25) is 9.59 Å². The highest BCUT2D eigenvalue weighted by Crippen LogP contribution is 2.28. The van der Waals surface area contributed by atoms with Gasteiger partial charge in [-0.15, -0.1) is 0 Å². The van der Waals surface area contributed by atoms with E-state index in [0.29, 0.717) is 22.6 Å². The fourth-order valence-electron chi connectivity index (χ4n) is 3.47. The number of anilines is 2. The lowest BCUT2D eigenvalue weighted by Crippen LogP contribution is -2.08. The minimum absolute atomic E-state index is 0.0168. The molecule has 0 aliphatic carbocycles. The first-order chi connectivity index (χ1) is 14.3. The molecule has 30 heavy (non-hydrogen) atoms. The Kier molecular flexibility index (Phi) is 6.91. The van der Waals surface area contributed by atoms with Crippen LogP contribution in [0.15, 0.2) is 66.7 Å². The normalized spacial score (nSPS) is 11.7. The van der Waals surface area contributed by atoms with Crippen molar-refractivity contribution in [1.29, 1.82) is 0 Å². The number of aryl methyl sites for hydroxylation is 1. The van der Waals surface area contributed by atoms with E-state index in [1.54, 1.807) is 18.2 Å². The second kappa shape index (κ2) is 9.59. The van der Waals surface area contributed by atoms with Crippen molar-refractivity contribution in [2.45, 2.75) is 26.7 Å². The zero-order valence-corrected chi connectivity index (χ0v) is 17.7. The Balaban J connectivity index is 1.81. The Morgan fingerprint density at radius 1 is 1.00 bits per heavy atom. The van der Waals surface area contributed by atoms with Crippen molar-refractivity contribution in [2.24, 2.45) is 5.92 Å². The van der Waals surface area contributed by atoms with Crippen LogP contribution in [0, 0.1) is 12.8 Å². The monoisotopic (exact) mass is 421 g/mol. The number of para-hydroxylation sites is 1. The maximum absolute atomic E-state index is 12.9. The minimum atomic E-state index is -0.798. The summed E-state index contributed by atoms with van der Waals surface area (Å²) in [6, 6.07) is 20.5. The number of halogens is 1. The van der Waals surface area contributed by atoms with Gasteiger partial charge in [0.2, 0.25) is 0 Å². The molecule has 0 heterocycles. The second-order valence-corrected chi connectivity index (χ2v) is 7.94. The van der Waals surface area contributed by atoms with Gasteiger partial charge in [0.1, 0.15) is 0 Å². The van der Waals surface area contributed by atoms with Gasteiger partial charge < -0.3 is 10.4 Å². The van der Waals surface area contributed by atoms with E-state index in [9.17, 15) is 9.59 Å². The lowest BCUT2D eigenvalue weighted by atomic mass is 9.96. The van der Waals surface area contributed by atoms with E-state index in [1.165, 1.54) is 0 Å². The second-order valence-electron chi connectivity index (χ2n) is 7.53. The van der Waals surface area contributed by atoms with Crippen LogP contribution in [0.5, 0.6) is 0 Å². The Labute approximate surface area is 181 Å². The molecule has 0 aromatic heterocycles. The highest BCUT2D eigenvalue weighted by Gasteiger charge is 2.16. The topological polar surface area (TPSA) is 66.4 Å². The first-order valence-corrected chi connectivity index (χ1v) is 10.2. The number of nitrogens with one attached hydrogen (secondary N) is 1. The van der Waals surface area contributed by atoms with Gasteiger partial charge in [0, 0.05) is 28.9 Å². The van der Waals surface area contributed by atoms with Crippen molar-refractivity contribution in [3.05, 3.63) is 94.0 Å². The lowest BCUT2D eigenvalue weighted by Gasteiger charge is -2.16. The van der Waals surface area contributed by atoms with E-state index in [0.717, 1.165) is 22.5 Å². The largest absolute Gasteiger partial charge is 0.481 e. The third-order valence-electron chi connectivity index (χ3n) is 4.99. The molecular weight excluding hydrogens is 398 g/mol. The van der Waals surface area contributed by atoms with Gasteiger partial charge in [-0.05, 0) is 54.7 Å². The number of hydrogen-bond donors (Lipinski definition) is 2. The molecule has 0 amide bonds. The number of carboxylic acid groups (broad SMARTS) is 1. The molecule has 0 aliphatic heterocycles. The lowest BCUT2D eigenvalue weighted by molar-refractivity contribution is -0.137. The van der Waals surface area contributed by atoms with Crippen molar-refractivity contribution >= 4 is 34.7 Å². The molecule has 0 aliphatic rings.